The Kier molecular flexibility index (Phi) is 3.84. The summed E-state index contributed by atoms with van der Waals surface area (Å²) >= 11 is 6.43. The van der Waals surface area contributed by atoms with E-state index in [1.807, 2.05) is 13.0 Å². The Balaban J connectivity index is 1.69. The third-order valence-corrected chi connectivity index (χ3v) is 4.90. The van der Waals surface area contributed by atoms with Crippen molar-refractivity contribution in [3.05, 3.63) is 28.8 Å². The summed E-state index contributed by atoms with van der Waals surface area (Å²) in [6.45, 7) is 4.25. The van der Waals surface area contributed by atoms with Crippen molar-refractivity contribution in [1.82, 2.24) is 5.32 Å². The lowest BCUT2D eigenvalue weighted by molar-refractivity contribution is -0.125. The fourth-order valence-corrected chi connectivity index (χ4v) is 3.16. The molecule has 1 atom stereocenters. The fraction of sp³-hybridized carbons (Fsp3) is 0.562. The smallest absolute Gasteiger partial charge is 0.225 e. The maximum Gasteiger partial charge on any atom is 0.225 e. The van der Waals surface area contributed by atoms with E-state index < -0.39 is 5.41 Å². The lowest BCUT2D eigenvalue weighted by atomic mass is 9.89. The van der Waals surface area contributed by atoms with Gasteiger partial charge in [0.05, 0.1) is 16.1 Å². The molecule has 3 N–H and O–H groups in total. The standard InChI is InChI=1S/C16H22ClN3O/c1-16(15(18)21)6-7-20(10-16)14-5-2-11(8-13(14)17)9-19-12-3-4-12/h2,5,8,12,19H,3-4,6-7,9-10H2,1H3,(H2,18,21). The number of nitrogens with two attached hydrogens (primary N) is 1. The molecular formula is C16H22ClN3O. The third kappa shape index (κ3) is 3.16. The van der Waals surface area contributed by atoms with Crippen molar-refractivity contribution in [2.75, 3.05) is 18.0 Å². The predicted octanol–water partition coefficient (Wildman–Crippen LogP) is 2.29. The number of carbonyl (C=O) groups excluding carboxylic acids is 1. The van der Waals surface area contributed by atoms with Crippen LogP contribution in [0.3, 0.4) is 0 Å². The van der Waals surface area contributed by atoms with Crippen LogP contribution in [-0.2, 0) is 11.3 Å². The van der Waals surface area contributed by atoms with Crippen LogP contribution in [0.15, 0.2) is 18.2 Å². The first-order valence-electron chi connectivity index (χ1n) is 7.55. The van der Waals surface area contributed by atoms with Gasteiger partial charge in [-0.1, -0.05) is 17.7 Å². The van der Waals surface area contributed by atoms with Gasteiger partial charge in [0, 0.05) is 25.7 Å². The first kappa shape index (κ1) is 14.7. The summed E-state index contributed by atoms with van der Waals surface area (Å²) in [6, 6.07) is 6.88. The molecule has 0 aromatic heterocycles. The Morgan fingerprint density at radius 1 is 1.52 bits per heavy atom. The number of hydrogen-bond donors (Lipinski definition) is 2. The molecule has 2 fully saturated rings. The minimum absolute atomic E-state index is 0.230. The van der Waals surface area contributed by atoms with Crippen molar-refractivity contribution in [3.8, 4) is 0 Å². The number of nitrogens with zero attached hydrogens (tertiary/aromatic N) is 1. The number of anilines is 1. The molecule has 0 spiro atoms. The number of benzene rings is 1. The predicted molar refractivity (Wildman–Crippen MR) is 85.4 cm³/mol. The van der Waals surface area contributed by atoms with Gasteiger partial charge in [-0.3, -0.25) is 4.79 Å². The first-order chi connectivity index (χ1) is 9.98. The topological polar surface area (TPSA) is 58.4 Å². The van der Waals surface area contributed by atoms with Crippen molar-refractivity contribution in [2.24, 2.45) is 11.1 Å². The van der Waals surface area contributed by atoms with E-state index in [0.29, 0.717) is 12.6 Å². The molecule has 1 saturated carbocycles. The summed E-state index contributed by atoms with van der Waals surface area (Å²) in [7, 11) is 0. The van der Waals surface area contributed by atoms with E-state index in [1.165, 1.54) is 18.4 Å². The molecule has 3 rings (SSSR count). The van der Waals surface area contributed by atoms with Crippen LogP contribution in [0.2, 0.25) is 5.02 Å². The van der Waals surface area contributed by atoms with Gasteiger partial charge in [-0.25, -0.2) is 0 Å². The summed E-state index contributed by atoms with van der Waals surface area (Å²) in [5.74, 6) is -0.230. The Hall–Kier alpha value is -1.26. The first-order valence-corrected chi connectivity index (χ1v) is 7.92. The van der Waals surface area contributed by atoms with Crippen LogP contribution in [0.5, 0.6) is 0 Å². The zero-order valence-corrected chi connectivity index (χ0v) is 13.1. The van der Waals surface area contributed by atoms with Gasteiger partial charge in [0.25, 0.3) is 0 Å². The van der Waals surface area contributed by atoms with Crippen molar-refractivity contribution in [1.29, 1.82) is 0 Å². The van der Waals surface area contributed by atoms with Crippen LogP contribution in [0.25, 0.3) is 0 Å². The summed E-state index contributed by atoms with van der Waals surface area (Å²) < 4.78 is 0. The monoisotopic (exact) mass is 307 g/mol. The Morgan fingerprint density at radius 3 is 2.86 bits per heavy atom. The molecule has 4 nitrogen and oxygen atoms in total. The van der Waals surface area contributed by atoms with Crippen molar-refractivity contribution in [3.63, 3.8) is 0 Å². The van der Waals surface area contributed by atoms with Gasteiger partial charge in [0.15, 0.2) is 0 Å². The Morgan fingerprint density at radius 2 is 2.29 bits per heavy atom. The van der Waals surface area contributed by atoms with Crippen LogP contribution >= 0.6 is 11.6 Å². The van der Waals surface area contributed by atoms with Crippen LogP contribution in [0, 0.1) is 5.41 Å². The normalized spacial score (nSPS) is 25.3. The number of carbonyl (C=O) groups is 1. The summed E-state index contributed by atoms with van der Waals surface area (Å²) in [4.78, 5) is 13.7. The van der Waals surface area contributed by atoms with E-state index in [-0.39, 0.29) is 5.91 Å². The molecule has 5 heteroatoms. The molecular weight excluding hydrogens is 286 g/mol. The maximum absolute atomic E-state index is 11.5. The van der Waals surface area contributed by atoms with Crippen LogP contribution < -0.4 is 16.0 Å². The van der Waals surface area contributed by atoms with Crippen LogP contribution in [0.1, 0.15) is 31.7 Å². The number of nitrogens with one attached hydrogen (secondary N) is 1. The highest BCUT2D eigenvalue weighted by atomic mass is 35.5. The van der Waals surface area contributed by atoms with Crippen molar-refractivity contribution < 1.29 is 4.79 Å². The lowest BCUT2D eigenvalue weighted by Gasteiger charge is -2.23. The van der Waals surface area contributed by atoms with Gasteiger partial charge in [0.2, 0.25) is 5.91 Å². The highest BCUT2D eigenvalue weighted by Gasteiger charge is 2.39. The minimum atomic E-state index is -0.449. The lowest BCUT2D eigenvalue weighted by Crippen LogP contribution is -2.37. The zero-order valence-electron chi connectivity index (χ0n) is 12.4. The molecule has 1 aliphatic carbocycles. The number of hydrogen-bond acceptors (Lipinski definition) is 3. The quantitative estimate of drug-likeness (QED) is 0.877. The van der Waals surface area contributed by atoms with Gasteiger partial charge >= 0.3 is 0 Å². The largest absolute Gasteiger partial charge is 0.369 e. The second kappa shape index (κ2) is 5.50. The fourth-order valence-electron chi connectivity index (χ4n) is 2.83. The number of primary amides is 1. The van der Waals surface area contributed by atoms with E-state index in [9.17, 15) is 4.79 Å². The molecule has 2 aliphatic rings. The molecule has 0 bridgehead atoms. The molecule has 1 saturated heterocycles. The van der Waals surface area contributed by atoms with Crippen molar-refractivity contribution >= 4 is 23.2 Å². The molecule has 1 amide bonds. The number of halogens is 1. The molecule has 1 heterocycles. The summed E-state index contributed by atoms with van der Waals surface area (Å²) in [5, 5.41) is 4.23. The molecule has 1 aliphatic heterocycles. The highest BCUT2D eigenvalue weighted by Crippen LogP contribution is 2.36. The molecule has 1 aromatic rings. The van der Waals surface area contributed by atoms with Gasteiger partial charge in [0.1, 0.15) is 0 Å². The van der Waals surface area contributed by atoms with E-state index in [1.54, 1.807) is 0 Å². The molecule has 1 aromatic carbocycles. The van der Waals surface area contributed by atoms with Gasteiger partial charge in [-0.15, -0.1) is 0 Å². The number of rotatable bonds is 5. The van der Waals surface area contributed by atoms with E-state index in [2.05, 4.69) is 22.3 Å². The molecule has 114 valence electrons. The number of amides is 1. The molecule has 1 unspecified atom stereocenters. The maximum atomic E-state index is 11.5. The highest BCUT2D eigenvalue weighted by molar-refractivity contribution is 6.33. The third-order valence-electron chi connectivity index (χ3n) is 4.59. The average molecular weight is 308 g/mol. The van der Waals surface area contributed by atoms with E-state index in [0.717, 1.165) is 30.2 Å². The van der Waals surface area contributed by atoms with Crippen molar-refractivity contribution in [2.45, 2.75) is 38.8 Å². The Labute approximate surface area is 130 Å². The zero-order chi connectivity index (χ0) is 15.0. The van der Waals surface area contributed by atoms with Crippen LogP contribution in [0.4, 0.5) is 5.69 Å². The SMILES string of the molecule is CC1(C(N)=O)CCN(c2ccc(CNC3CC3)cc2Cl)C1. The van der Waals surface area contributed by atoms with Gasteiger partial charge in [-0.05, 0) is 43.9 Å². The second-order valence-corrected chi connectivity index (χ2v) is 6.94. The summed E-state index contributed by atoms with van der Waals surface area (Å²) in [6.07, 6.45) is 3.35. The summed E-state index contributed by atoms with van der Waals surface area (Å²) in [5.41, 5.74) is 7.25. The second-order valence-electron chi connectivity index (χ2n) is 6.54. The van der Waals surface area contributed by atoms with E-state index >= 15 is 0 Å². The molecule has 21 heavy (non-hydrogen) atoms. The average Bonchev–Trinajstić information content (AvgIpc) is 3.18. The van der Waals surface area contributed by atoms with Crippen LogP contribution in [-0.4, -0.2) is 25.0 Å². The minimum Gasteiger partial charge on any atom is -0.369 e. The Bertz CT molecular complexity index is 558. The molecule has 0 radical (unpaired) electrons. The van der Waals surface area contributed by atoms with Gasteiger partial charge in [-0.2, -0.15) is 0 Å². The van der Waals surface area contributed by atoms with Gasteiger partial charge < -0.3 is 16.0 Å². The van der Waals surface area contributed by atoms with E-state index in [4.69, 9.17) is 17.3 Å².